The molecule has 1 aliphatic rings. The highest BCUT2D eigenvalue weighted by atomic mass is 16.3. The Kier molecular flexibility index (Phi) is 3.31. The number of piperidine rings is 1. The van der Waals surface area contributed by atoms with E-state index in [9.17, 15) is 5.11 Å². The van der Waals surface area contributed by atoms with Crippen LogP contribution in [0.1, 0.15) is 24.2 Å². The Bertz CT molecular complexity index is 379. The first-order valence-electron chi connectivity index (χ1n) is 6.02. The summed E-state index contributed by atoms with van der Waals surface area (Å²) in [7, 11) is 0. The number of aromatic nitrogens is 2. The standard InChI is InChI=1S/C12H20N4O/c1-9-7-10(2)15-11(14-9)16-5-3-12(17,8-13)4-6-16/h7,17H,3-6,8,13H2,1-2H3. The number of aryl methyl sites for hydroxylation is 2. The molecule has 0 saturated carbocycles. The van der Waals surface area contributed by atoms with Crippen LogP contribution in [0.2, 0.25) is 0 Å². The first-order chi connectivity index (χ1) is 8.02. The van der Waals surface area contributed by atoms with Gasteiger partial charge in [-0.25, -0.2) is 9.97 Å². The Morgan fingerprint density at radius 1 is 1.29 bits per heavy atom. The normalized spacial score (nSPS) is 19.4. The summed E-state index contributed by atoms with van der Waals surface area (Å²) >= 11 is 0. The van der Waals surface area contributed by atoms with E-state index in [1.807, 2.05) is 19.9 Å². The predicted molar refractivity (Wildman–Crippen MR) is 67.0 cm³/mol. The topological polar surface area (TPSA) is 75.3 Å². The third kappa shape index (κ3) is 2.73. The van der Waals surface area contributed by atoms with Crippen LogP contribution in [0.5, 0.6) is 0 Å². The summed E-state index contributed by atoms with van der Waals surface area (Å²) in [5.41, 5.74) is 6.83. The molecule has 0 bridgehead atoms. The number of nitrogens with two attached hydrogens (primary N) is 1. The number of anilines is 1. The van der Waals surface area contributed by atoms with Gasteiger partial charge in [-0.2, -0.15) is 0 Å². The van der Waals surface area contributed by atoms with Crippen LogP contribution in [-0.4, -0.2) is 40.3 Å². The van der Waals surface area contributed by atoms with Gasteiger partial charge in [0, 0.05) is 31.0 Å². The van der Waals surface area contributed by atoms with E-state index < -0.39 is 5.60 Å². The van der Waals surface area contributed by atoms with Crippen molar-refractivity contribution >= 4 is 5.95 Å². The van der Waals surface area contributed by atoms with Crippen molar-refractivity contribution in [3.05, 3.63) is 17.5 Å². The smallest absolute Gasteiger partial charge is 0.225 e. The van der Waals surface area contributed by atoms with E-state index in [4.69, 9.17) is 5.73 Å². The average molecular weight is 236 g/mol. The zero-order valence-electron chi connectivity index (χ0n) is 10.5. The van der Waals surface area contributed by atoms with Crippen molar-refractivity contribution in [1.29, 1.82) is 0 Å². The lowest BCUT2D eigenvalue weighted by atomic mass is 9.92. The fourth-order valence-corrected chi connectivity index (χ4v) is 2.18. The van der Waals surface area contributed by atoms with Crippen molar-refractivity contribution in [2.45, 2.75) is 32.3 Å². The average Bonchev–Trinajstić information content (AvgIpc) is 2.29. The molecule has 0 amide bonds. The zero-order chi connectivity index (χ0) is 12.5. The molecule has 0 aromatic carbocycles. The molecule has 5 nitrogen and oxygen atoms in total. The molecule has 0 aliphatic carbocycles. The molecule has 5 heteroatoms. The Labute approximate surface area is 102 Å². The monoisotopic (exact) mass is 236 g/mol. The van der Waals surface area contributed by atoms with Crippen LogP contribution in [0.15, 0.2) is 6.07 Å². The molecule has 2 heterocycles. The van der Waals surface area contributed by atoms with Gasteiger partial charge in [-0.15, -0.1) is 0 Å². The largest absolute Gasteiger partial charge is 0.388 e. The van der Waals surface area contributed by atoms with E-state index in [1.165, 1.54) is 0 Å². The first kappa shape index (κ1) is 12.3. The summed E-state index contributed by atoms with van der Waals surface area (Å²) in [5.74, 6) is 0.765. The Balaban J connectivity index is 2.10. The number of rotatable bonds is 2. The fourth-order valence-electron chi connectivity index (χ4n) is 2.18. The molecule has 3 N–H and O–H groups in total. The van der Waals surface area contributed by atoms with Gasteiger partial charge >= 0.3 is 0 Å². The summed E-state index contributed by atoms with van der Waals surface area (Å²) in [6.07, 6.45) is 1.36. The molecule has 1 aromatic heterocycles. The second kappa shape index (κ2) is 4.58. The van der Waals surface area contributed by atoms with Crippen molar-refractivity contribution in [1.82, 2.24) is 9.97 Å². The third-order valence-electron chi connectivity index (χ3n) is 3.33. The van der Waals surface area contributed by atoms with Crippen molar-refractivity contribution in [3.63, 3.8) is 0 Å². The van der Waals surface area contributed by atoms with Crippen LogP contribution in [0, 0.1) is 13.8 Å². The minimum Gasteiger partial charge on any atom is -0.388 e. The lowest BCUT2D eigenvalue weighted by Crippen LogP contribution is -2.49. The van der Waals surface area contributed by atoms with Crippen LogP contribution < -0.4 is 10.6 Å². The molecule has 2 rings (SSSR count). The molecule has 1 saturated heterocycles. The van der Waals surface area contributed by atoms with Crippen molar-refractivity contribution in [2.75, 3.05) is 24.5 Å². The van der Waals surface area contributed by atoms with Gasteiger partial charge in [-0.1, -0.05) is 0 Å². The van der Waals surface area contributed by atoms with Gasteiger partial charge in [0.1, 0.15) is 0 Å². The molecule has 17 heavy (non-hydrogen) atoms. The minimum atomic E-state index is -0.699. The van der Waals surface area contributed by atoms with E-state index in [0.717, 1.165) is 30.4 Å². The van der Waals surface area contributed by atoms with E-state index in [2.05, 4.69) is 14.9 Å². The summed E-state index contributed by atoms with van der Waals surface area (Å²) in [6, 6.07) is 1.96. The number of hydrogen-bond donors (Lipinski definition) is 2. The lowest BCUT2D eigenvalue weighted by molar-refractivity contribution is 0.0247. The first-order valence-corrected chi connectivity index (χ1v) is 6.02. The van der Waals surface area contributed by atoms with E-state index >= 15 is 0 Å². The van der Waals surface area contributed by atoms with E-state index in [1.54, 1.807) is 0 Å². The van der Waals surface area contributed by atoms with Crippen molar-refractivity contribution < 1.29 is 5.11 Å². The predicted octanol–water partition coefficient (Wildman–Crippen LogP) is 0.383. The minimum absolute atomic E-state index is 0.328. The molecule has 1 aromatic rings. The number of hydrogen-bond acceptors (Lipinski definition) is 5. The highest BCUT2D eigenvalue weighted by Gasteiger charge is 2.31. The second-order valence-electron chi connectivity index (χ2n) is 4.87. The Hall–Kier alpha value is -1.20. The molecule has 1 fully saturated rings. The van der Waals surface area contributed by atoms with Gasteiger partial charge in [0.15, 0.2) is 0 Å². The molecule has 1 aliphatic heterocycles. The summed E-state index contributed by atoms with van der Waals surface area (Å²) in [5, 5.41) is 10.1. The van der Waals surface area contributed by atoms with Gasteiger partial charge in [0.05, 0.1) is 5.60 Å². The van der Waals surface area contributed by atoms with Crippen LogP contribution in [0.4, 0.5) is 5.95 Å². The Morgan fingerprint density at radius 2 is 1.82 bits per heavy atom. The maximum absolute atomic E-state index is 10.1. The molecule has 0 unspecified atom stereocenters. The Morgan fingerprint density at radius 3 is 2.29 bits per heavy atom. The molecule has 0 atom stereocenters. The van der Waals surface area contributed by atoms with Crippen LogP contribution >= 0.6 is 0 Å². The number of aliphatic hydroxyl groups is 1. The van der Waals surface area contributed by atoms with Gasteiger partial charge in [-0.05, 0) is 32.8 Å². The second-order valence-corrected chi connectivity index (χ2v) is 4.87. The maximum Gasteiger partial charge on any atom is 0.225 e. The zero-order valence-corrected chi connectivity index (χ0v) is 10.5. The van der Waals surface area contributed by atoms with Crippen molar-refractivity contribution in [2.24, 2.45) is 5.73 Å². The van der Waals surface area contributed by atoms with E-state index in [-0.39, 0.29) is 0 Å². The third-order valence-corrected chi connectivity index (χ3v) is 3.33. The molecular formula is C12H20N4O. The lowest BCUT2D eigenvalue weighted by Gasteiger charge is -2.37. The summed E-state index contributed by atoms with van der Waals surface area (Å²) in [4.78, 5) is 11.0. The van der Waals surface area contributed by atoms with Gasteiger partial charge in [0.2, 0.25) is 5.95 Å². The van der Waals surface area contributed by atoms with Gasteiger partial charge in [-0.3, -0.25) is 0 Å². The molecular weight excluding hydrogens is 216 g/mol. The highest BCUT2D eigenvalue weighted by Crippen LogP contribution is 2.23. The maximum atomic E-state index is 10.1. The molecule has 94 valence electrons. The van der Waals surface area contributed by atoms with Crippen LogP contribution in [0.3, 0.4) is 0 Å². The quantitative estimate of drug-likeness (QED) is 0.776. The summed E-state index contributed by atoms with van der Waals surface area (Å²) < 4.78 is 0. The highest BCUT2D eigenvalue weighted by molar-refractivity contribution is 5.33. The fraction of sp³-hybridized carbons (Fsp3) is 0.667. The molecule has 0 radical (unpaired) electrons. The van der Waals surface area contributed by atoms with Crippen molar-refractivity contribution in [3.8, 4) is 0 Å². The van der Waals surface area contributed by atoms with E-state index in [0.29, 0.717) is 19.4 Å². The van der Waals surface area contributed by atoms with Crippen LogP contribution in [-0.2, 0) is 0 Å². The SMILES string of the molecule is Cc1cc(C)nc(N2CCC(O)(CN)CC2)n1. The van der Waals surface area contributed by atoms with Gasteiger partial charge < -0.3 is 15.7 Å². The summed E-state index contributed by atoms with van der Waals surface area (Å²) in [6.45, 7) is 5.79. The molecule has 0 spiro atoms. The van der Waals surface area contributed by atoms with Gasteiger partial charge in [0.25, 0.3) is 0 Å². The van der Waals surface area contributed by atoms with Crippen LogP contribution in [0.25, 0.3) is 0 Å². The number of nitrogens with zero attached hydrogens (tertiary/aromatic N) is 3.